The fraction of sp³-hybridized carbons (Fsp3) is 0.391. The number of primary amides is 1. The van der Waals surface area contributed by atoms with E-state index in [0.717, 1.165) is 37.2 Å². The number of rotatable bonds is 8. The van der Waals surface area contributed by atoms with Gasteiger partial charge in [0.05, 0.1) is 22.5 Å². The molecule has 1 aliphatic rings. The van der Waals surface area contributed by atoms with E-state index in [4.69, 9.17) is 5.73 Å². The van der Waals surface area contributed by atoms with Gasteiger partial charge in [0.15, 0.2) is 11.6 Å². The molecule has 4 rings (SSSR count). The van der Waals surface area contributed by atoms with E-state index in [1.807, 2.05) is 0 Å². The fourth-order valence-corrected chi connectivity index (χ4v) is 5.76. The zero-order valence-corrected chi connectivity index (χ0v) is 20.5. The number of hydrogen-bond acceptors (Lipinski definition) is 5. The zero-order chi connectivity index (χ0) is 28.0. The van der Waals surface area contributed by atoms with Gasteiger partial charge in [-0.3, -0.25) is 9.78 Å². The molecule has 0 bridgehead atoms. The monoisotopic (exact) mass is 564 g/mol. The van der Waals surface area contributed by atoms with Crippen LogP contribution in [-0.4, -0.2) is 42.7 Å². The molecular weight excluding hydrogens is 542 g/mol. The van der Waals surface area contributed by atoms with E-state index in [1.165, 1.54) is 10.8 Å². The van der Waals surface area contributed by atoms with Gasteiger partial charge in [-0.2, -0.15) is 26.7 Å². The first kappa shape index (κ1) is 27.7. The highest BCUT2D eigenvalue weighted by molar-refractivity contribution is 7.89. The van der Waals surface area contributed by atoms with Crippen LogP contribution in [0.2, 0.25) is 0 Å². The van der Waals surface area contributed by atoms with Gasteiger partial charge in [0.2, 0.25) is 10.0 Å². The first-order chi connectivity index (χ1) is 17.7. The van der Waals surface area contributed by atoms with Gasteiger partial charge < -0.3 is 15.0 Å². The predicted molar refractivity (Wildman–Crippen MR) is 124 cm³/mol. The highest BCUT2D eigenvalue weighted by Crippen LogP contribution is 2.42. The first-order valence-corrected chi connectivity index (χ1v) is 12.9. The third-order valence-electron chi connectivity index (χ3n) is 6.32. The second-order valence-corrected chi connectivity index (χ2v) is 10.6. The molecule has 15 heteroatoms. The quantitative estimate of drug-likeness (QED) is 0.378. The molecule has 1 saturated carbocycles. The van der Waals surface area contributed by atoms with Crippen LogP contribution < -0.4 is 15.2 Å². The lowest BCUT2D eigenvalue weighted by Crippen LogP contribution is -2.42. The number of benzene rings is 1. The van der Waals surface area contributed by atoms with E-state index in [-0.39, 0.29) is 33.9 Å². The molecule has 1 atom stereocenters. The molecule has 1 aliphatic carbocycles. The van der Waals surface area contributed by atoms with Crippen LogP contribution in [0.5, 0.6) is 5.75 Å². The van der Waals surface area contributed by atoms with E-state index in [1.54, 1.807) is 4.57 Å². The number of carbonyl (C=O) groups excluding carboxylic acids is 1. The molecule has 1 aromatic carbocycles. The molecule has 3 aromatic rings. The third kappa shape index (κ3) is 5.29. The predicted octanol–water partition coefficient (Wildman–Crippen LogP) is 4.89. The Morgan fingerprint density at radius 2 is 1.87 bits per heavy atom. The summed E-state index contributed by atoms with van der Waals surface area (Å²) in [5.41, 5.74) is 5.73. The van der Waals surface area contributed by atoms with E-state index >= 15 is 0 Å². The van der Waals surface area contributed by atoms with Crippen molar-refractivity contribution in [1.82, 2.24) is 14.3 Å². The van der Waals surface area contributed by atoms with Crippen molar-refractivity contribution >= 4 is 26.8 Å². The topological polar surface area (TPSA) is 116 Å². The number of fused-ring (bicyclic) bond motifs is 1. The average molecular weight is 565 g/mol. The Morgan fingerprint density at radius 3 is 2.39 bits per heavy atom. The molecule has 1 amide bonds. The number of carbonyl (C=O) groups is 1. The Bertz CT molecular complexity index is 1470. The van der Waals surface area contributed by atoms with Crippen LogP contribution in [0.1, 0.15) is 49.0 Å². The lowest BCUT2D eigenvalue weighted by atomic mass is 10.1. The highest BCUT2D eigenvalue weighted by atomic mass is 32.2. The summed E-state index contributed by atoms with van der Waals surface area (Å²) in [7, 11) is -4.61. The van der Waals surface area contributed by atoms with Crippen LogP contribution in [0.4, 0.5) is 26.3 Å². The standard InChI is InChI=1S/C23H22F6N4O4S/c1-11(23(27,28)29)32-38(35,36)13-6-7-16(31-10-13)20-19(21(30)34)14-8-15(24)18(37-22(25)26)9-17(14)33(20)12-4-2-3-5-12/h6-12,22,32H,2-5H2,1H3,(H2,30,34)/t11-/m1/s1. The van der Waals surface area contributed by atoms with Crippen LogP contribution in [-0.2, 0) is 10.0 Å². The van der Waals surface area contributed by atoms with E-state index < -0.39 is 51.2 Å². The summed E-state index contributed by atoms with van der Waals surface area (Å²) >= 11 is 0. The summed E-state index contributed by atoms with van der Waals surface area (Å²) in [5, 5.41) is 0.0117. The van der Waals surface area contributed by atoms with Crippen LogP contribution in [0, 0.1) is 5.82 Å². The normalized spacial score (nSPS) is 15.9. The van der Waals surface area contributed by atoms with Crippen molar-refractivity contribution in [2.24, 2.45) is 5.73 Å². The van der Waals surface area contributed by atoms with Gasteiger partial charge in [0, 0.05) is 23.7 Å². The van der Waals surface area contributed by atoms with Gasteiger partial charge in [0.25, 0.3) is 5.91 Å². The molecule has 2 heterocycles. The first-order valence-electron chi connectivity index (χ1n) is 11.4. The molecule has 0 aliphatic heterocycles. The second kappa shape index (κ2) is 10.1. The van der Waals surface area contributed by atoms with Crippen molar-refractivity contribution in [2.75, 3.05) is 0 Å². The number of halogens is 6. The second-order valence-electron chi connectivity index (χ2n) is 8.84. The van der Waals surface area contributed by atoms with Crippen molar-refractivity contribution < 1.29 is 44.3 Å². The van der Waals surface area contributed by atoms with E-state index in [9.17, 15) is 39.6 Å². The molecule has 0 radical (unpaired) electrons. The number of alkyl halides is 5. The molecule has 3 N–H and O–H groups in total. The number of amides is 1. The van der Waals surface area contributed by atoms with Gasteiger partial charge >= 0.3 is 12.8 Å². The molecule has 38 heavy (non-hydrogen) atoms. The summed E-state index contributed by atoms with van der Waals surface area (Å²) in [5.74, 6) is -2.89. The number of ether oxygens (including phenoxy) is 1. The third-order valence-corrected chi connectivity index (χ3v) is 7.85. The maximum Gasteiger partial charge on any atom is 0.404 e. The summed E-state index contributed by atoms with van der Waals surface area (Å²) in [6, 6.07) is 1.44. The molecule has 0 unspecified atom stereocenters. The minimum atomic E-state index is -4.82. The Balaban J connectivity index is 1.89. The van der Waals surface area contributed by atoms with Gasteiger partial charge in [-0.1, -0.05) is 12.8 Å². The maximum absolute atomic E-state index is 14.6. The van der Waals surface area contributed by atoms with Crippen molar-refractivity contribution in [3.05, 3.63) is 41.8 Å². The van der Waals surface area contributed by atoms with Gasteiger partial charge in [0.1, 0.15) is 10.9 Å². The fourth-order valence-electron chi connectivity index (χ4n) is 4.59. The minimum Gasteiger partial charge on any atom is -0.432 e. The van der Waals surface area contributed by atoms with Crippen LogP contribution >= 0.6 is 0 Å². The summed E-state index contributed by atoms with van der Waals surface area (Å²) in [6.45, 7) is -2.67. The number of pyridine rings is 1. The number of aromatic nitrogens is 2. The molecule has 2 aromatic heterocycles. The Morgan fingerprint density at radius 1 is 1.21 bits per heavy atom. The Labute approximate surface area is 212 Å². The molecule has 8 nitrogen and oxygen atoms in total. The molecule has 0 spiro atoms. The van der Waals surface area contributed by atoms with E-state index in [0.29, 0.717) is 19.8 Å². The SMILES string of the molecule is C[C@@H](NS(=O)(=O)c1ccc(-c2c(C(N)=O)c3cc(F)c(OC(F)F)cc3n2C2CCCC2)nc1)C(F)(F)F. The van der Waals surface area contributed by atoms with Gasteiger partial charge in [-0.25, -0.2) is 12.8 Å². The Kier molecular flexibility index (Phi) is 7.36. The maximum atomic E-state index is 14.6. The summed E-state index contributed by atoms with van der Waals surface area (Å²) < 4.78 is 111. The molecule has 206 valence electrons. The average Bonchev–Trinajstić information content (AvgIpc) is 3.44. The lowest BCUT2D eigenvalue weighted by Gasteiger charge is -2.19. The summed E-state index contributed by atoms with van der Waals surface area (Å²) in [6.07, 6.45) is -1.13. The molecule has 0 saturated heterocycles. The summed E-state index contributed by atoms with van der Waals surface area (Å²) in [4.78, 5) is 16.1. The zero-order valence-electron chi connectivity index (χ0n) is 19.7. The molecular formula is C23H22F6N4O4S. The van der Waals surface area contributed by atoms with Crippen LogP contribution in [0.25, 0.3) is 22.3 Å². The van der Waals surface area contributed by atoms with Crippen LogP contribution in [0.15, 0.2) is 35.4 Å². The van der Waals surface area contributed by atoms with Crippen LogP contribution in [0.3, 0.4) is 0 Å². The number of nitrogens with one attached hydrogen (secondary N) is 1. The smallest absolute Gasteiger partial charge is 0.404 e. The number of nitrogens with zero attached hydrogens (tertiary/aromatic N) is 2. The number of hydrogen-bond donors (Lipinski definition) is 2. The highest BCUT2D eigenvalue weighted by Gasteiger charge is 2.39. The van der Waals surface area contributed by atoms with Gasteiger partial charge in [-0.05, 0) is 38.0 Å². The molecule has 1 fully saturated rings. The van der Waals surface area contributed by atoms with Crippen molar-refractivity contribution in [3.63, 3.8) is 0 Å². The van der Waals surface area contributed by atoms with Crippen molar-refractivity contribution in [3.8, 4) is 17.1 Å². The largest absolute Gasteiger partial charge is 0.432 e. The van der Waals surface area contributed by atoms with Crippen molar-refractivity contribution in [1.29, 1.82) is 0 Å². The lowest BCUT2D eigenvalue weighted by molar-refractivity contribution is -0.147. The number of sulfonamides is 1. The van der Waals surface area contributed by atoms with E-state index in [2.05, 4.69) is 9.72 Å². The minimum absolute atomic E-state index is 0.0117. The van der Waals surface area contributed by atoms with Gasteiger partial charge in [-0.15, -0.1) is 0 Å². The van der Waals surface area contributed by atoms with Crippen molar-refractivity contribution in [2.45, 2.75) is 62.4 Å². The number of nitrogens with two attached hydrogens (primary N) is 1. The Hall–Kier alpha value is -3.33.